The number of esters is 2. The number of carboxylic acids is 1. The van der Waals surface area contributed by atoms with Crippen molar-refractivity contribution in [1.29, 1.82) is 0 Å². The van der Waals surface area contributed by atoms with Gasteiger partial charge in [-0.05, 0) is 74.2 Å². The fraction of sp³-hybridized carbons (Fsp3) is 0.400. The van der Waals surface area contributed by atoms with Crippen LogP contribution in [0.1, 0.15) is 68.2 Å². The third kappa shape index (κ3) is 7.97. The normalized spacial score (nSPS) is 17.6. The maximum Gasteiger partial charge on any atom is 1.00 e. The minimum Gasteiger partial charge on any atom is -0.546 e. The molecule has 0 fully saturated rings. The molecule has 5 rings (SSSR count). The SMILES string of the molecule is CCCOc1ccc2c(c1)C(c1ccc(OC)cc1OCC(=O)[O-])C(C(=O)OCOC(=O)C(C)(C)C)C2c1ccc2c(c1)OCO2.[Na+]. The Balaban J connectivity index is 0.00000500. The maximum absolute atomic E-state index is 14.2. The fourth-order valence-corrected chi connectivity index (χ4v) is 5.74. The molecule has 3 unspecified atom stereocenters. The number of benzene rings is 3. The van der Waals surface area contributed by atoms with E-state index in [4.69, 9.17) is 33.2 Å². The van der Waals surface area contributed by atoms with Gasteiger partial charge in [-0.3, -0.25) is 9.59 Å². The van der Waals surface area contributed by atoms with E-state index in [9.17, 15) is 19.5 Å². The van der Waals surface area contributed by atoms with Gasteiger partial charge in [0, 0.05) is 23.5 Å². The van der Waals surface area contributed by atoms with Crippen LogP contribution in [0.3, 0.4) is 0 Å². The third-order valence-electron chi connectivity index (χ3n) is 7.85. The molecule has 2 aliphatic rings. The number of hydrogen-bond acceptors (Lipinski definition) is 11. The Hall–Kier alpha value is -3.93. The van der Waals surface area contributed by atoms with E-state index < -0.39 is 54.5 Å². The second-order valence-electron chi connectivity index (χ2n) is 12.1. The minimum absolute atomic E-state index is 0. The molecule has 1 aliphatic heterocycles. The average Bonchev–Trinajstić information content (AvgIpc) is 3.64. The zero-order valence-corrected chi connectivity index (χ0v) is 29.5. The summed E-state index contributed by atoms with van der Waals surface area (Å²) in [6.07, 6.45) is 0.794. The van der Waals surface area contributed by atoms with Crippen molar-refractivity contribution in [3.8, 4) is 28.7 Å². The molecule has 244 valence electrons. The second kappa shape index (κ2) is 15.3. The van der Waals surface area contributed by atoms with Crippen LogP contribution < -0.4 is 58.3 Å². The van der Waals surface area contributed by atoms with Gasteiger partial charge in [-0.1, -0.05) is 25.1 Å². The Morgan fingerprint density at radius 2 is 1.57 bits per heavy atom. The van der Waals surface area contributed by atoms with Crippen LogP contribution in [0, 0.1) is 11.3 Å². The van der Waals surface area contributed by atoms with Gasteiger partial charge < -0.3 is 43.1 Å². The Morgan fingerprint density at radius 1 is 0.851 bits per heavy atom. The van der Waals surface area contributed by atoms with E-state index >= 15 is 0 Å². The zero-order chi connectivity index (χ0) is 33.0. The predicted molar refractivity (Wildman–Crippen MR) is 162 cm³/mol. The molecule has 1 aliphatic carbocycles. The monoisotopic (exact) mass is 656 g/mol. The number of aliphatic carboxylic acids is 1. The standard InChI is InChI=1S/C35H38O11.Na/c1-6-13-41-22-9-10-23-25(15-22)31(24-11-8-21(40-5)16-27(24)42-17-29(36)37)32(33(38)45-19-46-34(39)35(2,3)4)30(23)20-7-12-26-28(14-20)44-18-43-26;/h7-12,14-16,30-32H,6,13,17-19H2,1-5H3,(H,36,37);/q;+1/p-1. The summed E-state index contributed by atoms with van der Waals surface area (Å²) < 4.78 is 39.2. The summed E-state index contributed by atoms with van der Waals surface area (Å²) >= 11 is 0. The summed E-state index contributed by atoms with van der Waals surface area (Å²) in [5.41, 5.74) is 2.07. The van der Waals surface area contributed by atoms with E-state index in [0.717, 1.165) is 23.1 Å². The van der Waals surface area contributed by atoms with E-state index in [-0.39, 0.29) is 42.1 Å². The minimum atomic E-state index is -1.41. The predicted octanol–water partition coefficient (Wildman–Crippen LogP) is 1.33. The summed E-state index contributed by atoms with van der Waals surface area (Å²) in [6.45, 7) is 6.37. The number of carbonyl (C=O) groups is 3. The molecule has 0 amide bonds. The molecule has 0 bridgehead atoms. The van der Waals surface area contributed by atoms with Crippen LogP contribution in [-0.2, 0) is 23.9 Å². The first-order chi connectivity index (χ1) is 22.0. The molecule has 3 aromatic rings. The molecule has 47 heavy (non-hydrogen) atoms. The van der Waals surface area contributed by atoms with Gasteiger partial charge in [-0.2, -0.15) is 0 Å². The smallest absolute Gasteiger partial charge is 0.546 e. The Kier molecular flexibility index (Phi) is 11.7. The zero-order valence-electron chi connectivity index (χ0n) is 27.5. The van der Waals surface area contributed by atoms with Crippen molar-refractivity contribution < 1.29 is 82.2 Å². The number of carbonyl (C=O) groups excluding carboxylic acids is 3. The van der Waals surface area contributed by atoms with Gasteiger partial charge in [-0.15, -0.1) is 0 Å². The molecule has 0 radical (unpaired) electrons. The van der Waals surface area contributed by atoms with Crippen molar-refractivity contribution in [3.63, 3.8) is 0 Å². The first kappa shape index (κ1) is 35.9. The van der Waals surface area contributed by atoms with Gasteiger partial charge >= 0.3 is 41.5 Å². The van der Waals surface area contributed by atoms with E-state index in [0.29, 0.717) is 35.2 Å². The van der Waals surface area contributed by atoms with E-state index in [1.54, 1.807) is 45.0 Å². The Bertz CT molecular complexity index is 1610. The average molecular weight is 657 g/mol. The van der Waals surface area contributed by atoms with Gasteiger partial charge in [0.05, 0.1) is 31.0 Å². The second-order valence-corrected chi connectivity index (χ2v) is 12.1. The largest absolute Gasteiger partial charge is 1.00 e. The molecular weight excluding hydrogens is 619 g/mol. The number of methoxy groups -OCH3 is 1. The molecule has 0 spiro atoms. The van der Waals surface area contributed by atoms with Crippen molar-refractivity contribution in [1.82, 2.24) is 0 Å². The van der Waals surface area contributed by atoms with Crippen molar-refractivity contribution in [2.45, 2.75) is 46.0 Å². The number of fused-ring (bicyclic) bond motifs is 2. The van der Waals surface area contributed by atoms with Crippen LogP contribution in [0.2, 0.25) is 0 Å². The van der Waals surface area contributed by atoms with Gasteiger partial charge in [0.1, 0.15) is 23.9 Å². The Morgan fingerprint density at radius 3 is 2.28 bits per heavy atom. The first-order valence-corrected chi connectivity index (χ1v) is 15.0. The van der Waals surface area contributed by atoms with Gasteiger partial charge in [-0.25, -0.2) is 0 Å². The van der Waals surface area contributed by atoms with Crippen LogP contribution in [0.5, 0.6) is 28.7 Å². The summed E-state index contributed by atoms with van der Waals surface area (Å²) in [6, 6.07) is 16.2. The third-order valence-corrected chi connectivity index (χ3v) is 7.85. The van der Waals surface area contributed by atoms with Crippen molar-refractivity contribution >= 4 is 17.9 Å². The van der Waals surface area contributed by atoms with E-state index in [1.165, 1.54) is 7.11 Å². The molecule has 3 atom stereocenters. The van der Waals surface area contributed by atoms with Crippen LogP contribution in [0.15, 0.2) is 54.6 Å². The van der Waals surface area contributed by atoms with Crippen molar-refractivity contribution in [2.75, 3.05) is 33.9 Å². The molecular formula is C35H37NaO11. The molecule has 12 heteroatoms. The number of ether oxygens (including phenoxy) is 7. The van der Waals surface area contributed by atoms with E-state index in [1.807, 2.05) is 37.3 Å². The fourth-order valence-electron chi connectivity index (χ4n) is 5.74. The number of carboxylic acid groups (broad SMARTS) is 1. The molecule has 0 saturated heterocycles. The summed E-state index contributed by atoms with van der Waals surface area (Å²) in [5.74, 6) is -2.39. The van der Waals surface area contributed by atoms with Crippen LogP contribution in [0.4, 0.5) is 0 Å². The molecule has 0 aromatic heterocycles. The quantitative estimate of drug-likeness (QED) is 0.159. The van der Waals surface area contributed by atoms with Crippen LogP contribution in [-0.4, -0.2) is 51.8 Å². The maximum atomic E-state index is 14.2. The van der Waals surface area contributed by atoms with Crippen molar-refractivity contribution in [3.05, 3.63) is 76.9 Å². The topological polar surface area (TPSA) is 139 Å². The number of hydrogen-bond donors (Lipinski definition) is 0. The Labute approximate surface area is 295 Å². The molecule has 0 saturated carbocycles. The molecule has 11 nitrogen and oxygen atoms in total. The molecule has 3 aromatic carbocycles. The molecule has 1 heterocycles. The first-order valence-electron chi connectivity index (χ1n) is 15.0. The number of rotatable bonds is 12. The summed E-state index contributed by atoms with van der Waals surface area (Å²) in [5, 5.41) is 11.4. The van der Waals surface area contributed by atoms with Crippen molar-refractivity contribution in [2.24, 2.45) is 11.3 Å². The summed E-state index contributed by atoms with van der Waals surface area (Å²) in [7, 11) is 1.48. The van der Waals surface area contributed by atoms with Gasteiger partial charge in [0.25, 0.3) is 0 Å². The molecule has 0 N–H and O–H groups in total. The van der Waals surface area contributed by atoms with Gasteiger partial charge in [0.2, 0.25) is 13.6 Å². The van der Waals surface area contributed by atoms with Crippen LogP contribution in [0.25, 0.3) is 0 Å². The summed E-state index contributed by atoms with van der Waals surface area (Å²) in [4.78, 5) is 38.1. The van der Waals surface area contributed by atoms with Gasteiger partial charge in [0.15, 0.2) is 11.5 Å². The van der Waals surface area contributed by atoms with Crippen LogP contribution >= 0.6 is 0 Å². The van der Waals surface area contributed by atoms with E-state index in [2.05, 4.69) is 0 Å².